The smallest absolute Gasteiger partial charge is 0.260 e. The van der Waals surface area contributed by atoms with Crippen molar-refractivity contribution in [2.45, 2.75) is 19.8 Å². The molecule has 5 heteroatoms. The fourth-order valence-electron chi connectivity index (χ4n) is 1.57. The first-order chi connectivity index (χ1) is 8.19. The third-order valence-corrected chi connectivity index (χ3v) is 2.73. The highest BCUT2D eigenvalue weighted by molar-refractivity contribution is 5.93. The van der Waals surface area contributed by atoms with Crippen LogP contribution in [-0.4, -0.2) is 29.1 Å². The van der Waals surface area contributed by atoms with E-state index < -0.39 is 0 Å². The van der Waals surface area contributed by atoms with Crippen molar-refractivity contribution in [1.29, 1.82) is 0 Å². The lowest BCUT2D eigenvalue weighted by Crippen LogP contribution is -2.33. The number of aliphatic hydroxyl groups excluding tert-OH is 1. The Morgan fingerprint density at radius 3 is 2.94 bits per heavy atom. The summed E-state index contributed by atoms with van der Waals surface area (Å²) in [4.78, 5) is 25.5. The van der Waals surface area contributed by atoms with Gasteiger partial charge in [-0.1, -0.05) is 13.3 Å². The van der Waals surface area contributed by atoms with Crippen LogP contribution in [0, 0.1) is 5.92 Å². The highest BCUT2D eigenvalue weighted by Crippen LogP contribution is 2.05. The molecular weight excluding hydrogens is 220 g/mol. The lowest BCUT2D eigenvalue weighted by molar-refractivity contribution is 0.0942. The molecule has 0 saturated carbocycles. The molecule has 1 aromatic heterocycles. The first kappa shape index (κ1) is 13.4. The van der Waals surface area contributed by atoms with Crippen molar-refractivity contribution in [2.24, 2.45) is 5.92 Å². The molecule has 3 N–H and O–H groups in total. The van der Waals surface area contributed by atoms with Crippen LogP contribution in [-0.2, 0) is 0 Å². The van der Waals surface area contributed by atoms with Gasteiger partial charge in [0.1, 0.15) is 5.56 Å². The van der Waals surface area contributed by atoms with E-state index in [1.54, 1.807) is 6.07 Å². The summed E-state index contributed by atoms with van der Waals surface area (Å²) in [6.45, 7) is 2.59. The van der Waals surface area contributed by atoms with Gasteiger partial charge in [0.05, 0.1) is 0 Å². The number of hydrogen-bond donors (Lipinski definition) is 3. The van der Waals surface area contributed by atoms with Crippen LogP contribution < -0.4 is 10.9 Å². The van der Waals surface area contributed by atoms with Gasteiger partial charge in [-0.25, -0.2) is 0 Å². The zero-order valence-corrected chi connectivity index (χ0v) is 9.90. The summed E-state index contributed by atoms with van der Waals surface area (Å²) in [6.07, 6.45) is 3.02. The molecule has 5 nitrogen and oxygen atoms in total. The van der Waals surface area contributed by atoms with Crippen molar-refractivity contribution in [2.75, 3.05) is 13.2 Å². The number of carbonyl (C=O) groups is 1. The largest absolute Gasteiger partial charge is 0.396 e. The molecule has 0 aliphatic heterocycles. The summed E-state index contributed by atoms with van der Waals surface area (Å²) in [5.74, 6) is -0.130. The van der Waals surface area contributed by atoms with Crippen molar-refractivity contribution in [3.05, 3.63) is 34.2 Å². The molecule has 0 spiro atoms. The normalized spacial score (nSPS) is 12.1. The molecule has 94 valence electrons. The Balaban J connectivity index is 2.55. The number of H-pyrrole nitrogens is 1. The van der Waals surface area contributed by atoms with E-state index in [4.69, 9.17) is 5.11 Å². The number of hydrogen-bond acceptors (Lipinski definition) is 3. The number of aromatic nitrogens is 1. The van der Waals surface area contributed by atoms with Crippen LogP contribution in [0.2, 0.25) is 0 Å². The van der Waals surface area contributed by atoms with Crippen LogP contribution in [0.15, 0.2) is 23.1 Å². The number of aliphatic hydroxyl groups is 1. The van der Waals surface area contributed by atoms with Crippen LogP contribution in [0.25, 0.3) is 0 Å². The number of carbonyl (C=O) groups excluding carboxylic acids is 1. The zero-order valence-electron chi connectivity index (χ0n) is 9.90. The lowest BCUT2D eigenvalue weighted by Gasteiger charge is -2.13. The van der Waals surface area contributed by atoms with E-state index in [0.717, 1.165) is 6.42 Å². The molecule has 1 rings (SSSR count). The molecule has 0 aliphatic carbocycles. The molecule has 0 radical (unpaired) electrons. The van der Waals surface area contributed by atoms with Crippen molar-refractivity contribution in [1.82, 2.24) is 10.3 Å². The molecule has 17 heavy (non-hydrogen) atoms. The minimum atomic E-state index is -0.389. The molecule has 1 amide bonds. The molecule has 1 unspecified atom stereocenters. The molecular formula is C12H18N2O3. The summed E-state index contributed by atoms with van der Waals surface area (Å²) in [5.41, 5.74) is -0.272. The maximum atomic E-state index is 11.7. The number of amides is 1. The third kappa shape index (κ3) is 4.03. The second kappa shape index (κ2) is 6.85. The topological polar surface area (TPSA) is 82.2 Å². The predicted octanol–water partition coefficient (Wildman–Crippen LogP) is 0.513. The first-order valence-electron chi connectivity index (χ1n) is 5.75. The Kier molecular flexibility index (Phi) is 5.42. The average Bonchev–Trinajstić information content (AvgIpc) is 2.34. The van der Waals surface area contributed by atoms with Gasteiger partial charge in [0.15, 0.2) is 0 Å². The van der Waals surface area contributed by atoms with Gasteiger partial charge in [0.2, 0.25) is 0 Å². The van der Waals surface area contributed by atoms with Gasteiger partial charge >= 0.3 is 0 Å². The van der Waals surface area contributed by atoms with Crippen LogP contribution in [0.4, 0.5) is 0 Å². The maximum absolute atomic E-state index is 11.7. The lowest BCUT2D eigenvalue weighted by atomic mass is 10.0. The Bertz CT molecular complexity index is 414. The summed E-state index contributed by atoms with van der Waals surface area (Å²) >= 11 is 0. The van der Waals surface area contributed by atoms with Crippen LogP contribution >= 0.6 is 0 Å². The molecule has 0 bridgehead atoms. The van der Waals surface area contributed by atoms with Crippen molar-refractivity contribution < 1.29 is 9.90 Å². The monoisotopic (exact) mass is 238 g/mol. The van der Waals surface area contributed by atoms with Gasteiger partial charge in [0, 0.05) is 19.3 Å². The first-order valence-corrected chi connectivity index (χ1v) is 5.75. The Morgan fingerprint density at radius 2 is 2.35 bits per heavy atom. The number of nitrogens with one attached hydrogen (secondary N) is 2. The minimum absolute atomic E-state index is 0.111. The van der Waals surface area contributed by atoms with E-state index in [1.165, 1.54) is 12.3 Å². The van der Waals surface area contributed by atoms with Gasteiger partial charge in [-0.3, -0.25) is 9.59 Å². The molecule has 0 aromatic carbocycles. The zero-order chi connectivity index (χ0) is 12.7. The summed E-state index contributed by atoms with van der Waals surface area (Å²) < 4.78 is 0. The average molecular weight is 238 g/mol. The van der Waals surface area contributed by atoms with E-state index in [9.17, 15) is 9.59 Å². The highest BCUT2D eigenvalue weighted by atomic mass is 16.3. The van der Waals surface area contributed by atoms with E-state index in [1.807, 2.05) is 6.92 Å². The summed E-state index contributed by atoms with van der Waals surface area (Å²) in [5, 5.41) is 11.5. The fourth-order valence-corrected chi connectivity index (χ4v) is 1.57. The summed E-state index contributed by atoms with van der Waals surface area (Å²) in [6, 6.07) is 3.10. The van der Waals surface area contributed by atoms with Crippen molar-refractivity contribution >= 4 is 5.91 Å². The van der Waals surface area contributed by atoms with Gasteiger partial charge < -0.3 is 15.4 Å². The van der Waals surface area contributed by atoms with Crippen LogP contribution in [0.5, 0.6) is 0 Å². The second-order valence-corrected chi connectivity index (χ2v) is 3.91. The fraction of sp³-hybridized carbons (Fsp3) is 0.500. The second-order valence-electron chi connectivity index (χ2n) is 3.91. The maximum Gasteiger partial charge on any atom is 0.260 e. The Morgan fingerprint density at radius 1 is 1.59 bits per heavy atom. The number of rotatable bonds is 6. The van der Waals surface area contributed by atoms with Gasteiger partial charge in [-0.05, 0) is 24.5 Å². The van der Waals surface area contributed by atoms with E-state index in [2.05, 4.69) is 10.3 Å². The SMILES string of the molecule is CCC(CCO)CNC(=O)c1ccc[nH]c1=O. The highest BCUT2D eigenvalue weighted by Gasteiger charge is 2.11. The van der Waals surface area contributed by atoms with Gasteiger partial charge in [-0.2, -0.15) is 0 Å². The molecule has 0 aliphatic rings. The van der Waals surface area contributed by atoms with E-state index in [0.29, 0.717) is 13.0 Å². The molecule has 0 fully saturated rings. The predicted molar refractivity (Wildman–Crippen MR) is 64.9 cm³/mol. The van der Waals surface area contributed by atoms with E-state index >= 15 is 0 Å². The standard InChI is InChI=1S/C12H18N2O3/c1-2-9(5-7-15)8-14-12(17)10-4-3-6-13-11(10)16/h3-4,6,9,15H,2,5,7-8H2,1H3,(H,13,16)(H,14,17). The minimum Gasteiger partial charge on any atom is -0.396 e. The van der Waals surface area contributed by atoms with Gasteiger partial charge in [-0.15, -0.1) is 0 Å². The molecule has 0 saturated heterocycles. The third-order valence-electron chi connectivity index (χ3n) is 2.73. The van der Waals surface area contributed by atoms with Crippen LogP contribution in [0.1, 0.15) is 30.1 Å². The number of aromatic amines is 1. The van der Waals surface area contributed by atoms with Crippen molar-refractivity contribution in [3.8, 4) is 0 Å². The Hall–Kier alpha value is -1.62. The van der Waals surface area contributed by atoms with Gasteiger partial charge in [0.25, 0.3) is 11.5 Å². The molecule has 1 atom stereocenters. The molecule has 1 heterocycles. The summed E-state index contributed by atoms with van der Waals surface area (Å²) in [7, 11) is 0. The number of pyridine rings is 1. The van der Waals surface area contributed by atoms with Crippen molar-refractivity contribution in [3.63, 3.8) is 0 Å². The Labute approximate surface area is 99.9 Å². The quantitative estimate of drug-likeness (QED) is 0.675. The molecule has 1 aromatic rings. The van der Waals surface area contributed by atoms with Crippen LogP contribution in [0.3, 0.4) is 0 Å². The van der Waals surface area contributed by atoms with E-state index in [-0.39, 0.29) is 29.6 Å².